The highest BCUT2D eigenvalue weighted by molar-refractivity contribution is 6.09. The van der Waals surface area contributed by atoms with Crippen molar-refractivity contribution in [3.8, 4) is 28.5 Å². The van der Waals surface area contributed by atoms with Gasteiger partial charge < -0.3 is 4.57 Å². The van der Waals surface area contributed by atoms with Crippen LogP contribution in [0, 0.1) is 11.3 Å². The maximum absolute atomic E-state index is 9.18. The highest BCUT2D eigenvalue weighted by atomic mass is 15.0. The number of hydrogen-bond acceptors (Lipinski definition) is 2. The van der Waals surface area contributed by atoms with Gasteiger partial charge in [0.1, 0.15) is 0 Å². The molecule has 33 heavy (non-hydrogen) atoms. The third-order valence-corrected chi connectivity index (χ3v) is 6.43. The maximum atomic E-state index is 9.18. The Morgan fingerprint density at radius 2 is 1.42 bits per heavy atom. The number of aromatic nitrogens is 2. The molecule has 0 radical (unpaired) electrons. The summed E-state index contributed by atoms with van der Waals surface area (Å²) in [6.45, 7) is 3.12. The van der Waals surface area contributed by atoms with Gasteiger partial charge in [0.25, 0.3) is 0 Å². The zero-order valence-corrected chi connectivity index (χ0v) is 18.3. The van der Waals surface area contributed by atoms with Crippen molar-refractivity contribution in [2.75, 3.05) is 0 Å². The van der Waals surface area contributed by atoms with Crippen molar-refractivity contribution in [1.29, 1.82) is 5.26 Å². The molecule has 2 heterocycles. The molecule has 0 aliphatic heterocycles. The van der Waals surface area contributed by atoms with E-state index in [4.69, 9.17) is 4.98 Å². The number of fused-ring (bicyclic) bond motifs is 4. The van der Waals surface area contributed by atoms with Crippen LogP contribution in [0.1, 0.15) is 12.5 Å². The van der Waals surface area contributed by atoms with Crippen LogP contribution in [0.5, 0.6) is 0 Å². The molecular formula is C30H21N3. The van der Waals surface area contributed by atoms with Gasteiger partial charge in [-0.15, -0.1) is 0 Å². The Morgan fingerprint density at radius 3 is 2.21 bits per heavy atom. The third-order valence-electron chi connectivity index (χ3n) is 6.43. The van der Waals surface area contributed by atoms with Gasteiger partial charge in [-0.1, -0.05) is 54.6 Å². The van der Waals surface area contributed by atoms with E-state index >= 15 is 0 Å². The molecule has 156 valence electrons. The summed E-state index contributed by atoms with van der Waals surface area (Å²) in [5.74, 6) is 0. The molecule has 0 bridgehead atoms. The van der Waals surface area contributed by atoms with E-state index in [0.717, 1.165) is 39.8 Å². The first-order valence-electron chi connectivity index (χ1n) is 11.2. The minimum absolute atomic E-state index is 0.662. The standard InChI is InChI=1S/C30H21N3/c1-2-33-29-10-6-4-8-24(29)26-17-22(15-16-30(26)33)28-18-25(21-13-11-20(19-31)12-14-21)23-7-3-5-9-27(23)32-28/h3-18H,2H2,1H3. The van der Waals surface area contributed by atoms with Gasteiger partial charge in [0, 0.05) is 39.3 Å². The average Bonchev–Trinajstić information content (AvgIpc) is 3.21. The number of pyridine rings is 1. The van der Waals surface area contributed by atoms with E-state index in [0.29, 0.717) is 5.56 Å². The van der Waals surface area contributed by atoms with Crippen LogP contribution < -0.4 is 0 Å². The number of nitriles is 1. The van der Waals surface area contributed by atoms with Gasteiger partial charge in [0.2, 0.25) is 0 Å². The predicted octanol–water partition coefficient (Wildman–Crippen LogP) is 7.57. The van der Waals surface area contributed by atoms with Crippen molar-refractivity contribution in [2.24, 2.45) is 0 Å². The van der Waals surface area contributed by atoms with Crippen molar-refractivity contribution in [3.05, 3.63) is 103 Å². The molecule has 0 unspecified atom stereocenters. The van der Waals surface area contributed by atoms with Crippen LogP contribution in [0.4, 0.5) is 0 Å². The number of para-hydroxylation sites is 2. The van der Waals surface area contributed by atoms with E-state index in [2.05, 4.69) is 78.2 Å². The quantitative estimate of drug-likeness (QED) is 0.294. The summed E-state index contributed by atoms with van der Waals surface area (Å²) in [5.41, 5.74) is 8.38. The molecule has 0 aliphatic carbocycles. The van der Waals surface area contributed by atoms with Crippen LogP contribution in [0.15, 0.2) is 97.1 Å². The largest absolute Gasteiger partial charge is 0.341 e. The van der Waals surface area contributed by atoms with Crippen molar-refractivity contribution in [3.63, 3.8) is 0 Å². The van der Waals surface area contributed by atoms with Crippen molar-refractivity contribution in [1.82, 2.24) is 9.55 Å². The Labute approximate surface area is 192 Å². The van der Waals surface area contributed by atoms with Crippen molar-refractivity contribution >= 4 is 32.7 Å². The fourth-order valence-corrected chi connectivity index (χ4v) is 4.84. The van der Waals surface area contributed by atoms with Gasteiger partial charge in [-0.05, 0) is 60.5 Å². The average molecular weight is 424 g/mol. The second-order valence-corrected chi connectivity index (χ2v) is 8.25. The SMILES string of the molecule is CCn1c2ccccc2c2cc(-c3cc(-c4ccc(C#N)cc4)c4ccccc4n3)ccc21. The zero-order valence-electron chi connectivity index (χ0n) is 18.3. The van der Waals surface area contributed by atoms with Gasteiger partial charge in [0.05, 0.1) is 22.8 Å². The molecule has 6 rings (SSSR count). The summed E-state index contributed by atoms with van der Waals surface area (Å²) >= 11 is 0. The summed E-state index contributed by atoms with van der Waals surface area (Å²) in [4.78, 5) is 5.02. The fraction of sp³-hybridized carbons (Fsp3) is 0.0667. The van der Waals surface area contributed by atoms with Crippen molar-refractivity contribution < 1.29 is 0 Å². The first-order valence-corrected chi connectivity index (χ1v) is 11.2. The van der Waals surface area contributed by atoms with Crippen molar-refractivity contribution in [2.45, 2.75) is 13.5 Å². The maximum Gasteiger partial charge on any atom is 0.0991 e. The van der Waals surface area contributed by atoms with Gasteiger partial charge in [-0.25, -0.2) is 4.98 Å². The monoisotopic (exact) mass is 423 g/mol. The zero-order chi connectivity index (χ0) is 22.4. The lowest BCUT2D eigenvalue weighted by Crippen LogP contribution is -1.93. The molecule has 0 aliphatic rings. The van der Waals surface area contributed by atoms with Crippen LogP contribution in [0.25, 0.3) is 55.1 Å². The molecule has 0 N–H and O–H groups in total. The van der Waals surface area contributed by atoms with Crippen LogP contribution in [-0.4, -0.2) is 9.55 Å². The fourth-order valence-electron chi connectivity index (χ4n) is 4.84. The van der Waals surface area contributed by atoms with E-state index in [1.165, 1.54) is 21.8 Å². The lowest BCUT2D eigenvalue weighted by atomic mass is 9.97. The van der Waals surface area contributed by atoms with Crippen LogP contribution in [0.3, 0.4) is 0 Å². The first-order chi connectivity index (χ1) is 16.3. The highest BCUT2D eigenvalue weighted by Gasteiger charge is 2.13. The molecule has 0 atom stereocenters. The Kier molecular flexibility index (Phi) is 4.45. The number of hydrogen-bond donors (Lipinski definition) is 0. The van der Waals surface area contributed by atoms with Gasteiger partial charge >= 0.3 is 0 Å². The normalized spacial score (nSPS) is 11.3. The number of rotatable bonds is 3. The minimum atomic E-state index is 0.662. The van der Waals surface area contributed by atoms with E-state index in [9.17, 15) is 5.26 Å². The smallest absolute Gasteiger partial charge is 0.0991 e. The molecule has 4 aromatic carbocycles. The molecule has 3 nitrogen and oxygen atoms in total. The van der Waals surface area contributed by atoms with E-state index in [1.807, 2.05) is 36.4 Å². The molecule has 0 fully saturated rings. The van der Waals surface area contributed by atoms with Crippen LogP contribution in [-0.2, 0) is 6.54 Å². The van der Waals surface area contributed by atoms with Gasteiger partial charge in [-0.2, -0.15) is 5.26 Å². The van der Waals surface area contributed by atoms with E-state index < -0.39 is 0 Å². The molecule has 0 spiro atoms. The molecule has 0 saturated heterocycles. The number of aryl methyl sites for hydroxylation is 1. The Bertz CT molecular complexity index is 1700. The topological polar surface area (TPSA) is 41.6 Å². The summed E-state index contributed by atoms with van der Waals surface area (Å²) in [7, 11) is 0. The predicted molar refractivity (Wildman–Crippen MR) is 136 cm³/mol. The Hall–Kier alpha value is -4.42. The molecule has 2 aromatic heterocycles. The second kappa shape index (κ2) is 7.62. The first kappa shape index (κ1) is 19.3. The number of nitrogens with zero attached hydrogens (tertiary/aromatic N) is 3. The summed E-state index contributed by atoms with van der Waals surface area (Å²) < 4.78 is 2.37. The van der Waals surface area contributed by atoms with Gasteiger partial charge in [-0.3, -0.25) is 0 Å². The lowest BCUT2D eigenvalue weighted by Gasteiger charge is -2.11. The Balaban J connectivity index is 1.60. The molecule has 3 heteroatoms. The van der Waals surface area contributed by atoms with Crippen LogP contribution >= 0.6 is 0 Å². The lowest BCUT2D eigenvalue weighted by molar-refractivity contribution is 0.827. The number of benzene rings is 4. The second-order valence-electron chi connectivity index (χ2n) is 8.25. The van der Waals surface area contributed by atoms with Crippen LogP contribution in [0.2, 0.25) is 0 Å². The van der Waals surface area contributed by atoms with Gasteiger partial charge in [0.15, 0.2) is 0 Å². The summed E-state index contributed by atoms with van der Waals surface area (Å²) in [6, 6.07) is 35.6. The molecule has 0 saturated carbocycles. The third kappa shape index (κ3) is 3.08. The highest BCUT2D eigenvalue weighted by Crippen LogP contribution is 2.35. The van der Waals surface area contributed by atoms with E-state index in [-0.39, 0.29) is 0 Å². The minimum Gasteiger partial charge on any atom is -0.341 e. The molecular weight excluding hydrogens is 402 g/mol. The van der Waals surface area contributed by atoms with E-state index in [1.54, 1.807) is 0 Å². The molecule has 6 aromatic rings. The summed E-state index contributed by atoms with van der Waals surface area (Å²) in [6.07, 6.45) is 0. The molecule has 0 amide bonds. The Morgan fingerprint density at radius 1 is 0.727 bits per heavy atom. The summed E-state index contributed by atoms with van der Waals surface area (Å²) in [5, 5.41) is 12.8.